The average molecular weight is 266 g/mol. The van der Waals surface area contributed by atoms with E-state index in [-0.39, 0.29) is 11.8 Å². The summed E-state index contributed by atoms with van der Waals surface area (Å²) in [6.45, 7) is 2.67. The van der Waals surface area contributed by atoms with Crippen LogP contribution in [0.3, 0.4) is 0 Å². The monoisotopic (exact) mass is 266 g/mol. The number of hydrogen-bond donors (Lipinski definition) is 1. The Bertz CT molecular complexity index is 703. The molecule has 1 atom stereocenters. The van der Waals surface area contributed by atoms with Crippen molar-refractivity contribution in [2.45, 2.75) is 32.7 Å². The van der Waals surface area contributed by atoms with Crippen LogP contribution in [-0.2, 0) is 11.3 Å². The summed E-state index contributed by atoms with van der Waals surface area (Å²) in [6, 6.07) is 8.21. The molecule has 0 aliphatic heterocycles. The number of hydrogen-bond acceptors (Lipinski definition) is 2. The molecule has 2 fully saturated rings. The molecule has 1 aromatic heterocycles. The van der Waals surface area contributed by atoms with E-state index in [1.54, 1.807) is 0 Å². The molecule has 1 spiro atoms. The molecule has 1 amide bonds. The second-order valence-electron chi connectivity index (χ2n) is 6.28. The average Bonchev–Trinajstić information content (AvgIpc) is 3.39. The van der Waals surface area contributed by atoms with E-state index in [0.29, 0.717) is 12.0 Å². The fourth-order valence-corrected chi connectivity index (χ4v) is 3.26. The van der Waals surface area contributed by atoms with Crippen molar-refractivity contribution in [2.24, 2.45) is 11.3 Å². The predicted molar refractivity (Wildman–Crippen MR) is 78.1 cm³/mol. The maximum absolute atomic E-state index is 12.1. The summed E-state index contributed by atoms with van der Waals surface area (Å²) in [4.78, 5) is 16.5. The minimum Gasteiger partial charge on any atom is -0.352 e. The molecule has 4 rings (SSSR count). The van der Waals surface area contributed by atoms with Gasteiger partial charge in [0.2, 0.25) is 5.91 Å². The molecular formula is C17H18N2O. The van der Waals surface area contributed by atoms with Crippen molar-refractivity contribution in [1.82, 2.24) is 10.3 Å². The zero-order chi connectivity index (χ0) is 13.7. The number of aromatic nitrogens is 1. The summed E-state index contributed by atoms with van der Waals surface area (Å²) in [5.41, 5.74) is 3.79. The lowest BCUT2D eigenvalue weighted by Crippen LogP contribution is -2.25. The van der Waals surface area contributed by atoms with E-state index in [4.69, 9.17) is 0 Å². The van der Waals surface area contributed by atoms with E-state index < -0.39 is 0 Å². The molecule has 3 heteroatoms. The number of carbonyl (C=O) groups excluding carboxylic acids is 1. The van der Waals surface area contributed by atoms with Crippen molar-refractivity contribution in [3.05, 3.63) is 41.6 Å². The number of benzene rings is 1. The lowest BCUT2D eigenvalue weighted by Gasteiger charge is -2.09. The van der Waals surface area contributed by atoms with Gasteiger partial charge in [0.25, 0.3) is 0 Å². The lowest BCUT2D eigenvalue weighted by atomic mass is 10.0. The zero-order valence-electron chi connectivity index (χ0n) is 11.6. The van der Waals surface area contributed by atoms with Gasteiger partial charge in [-0.2, -0.15) is 0 Å². The largest absolute Gasteiger partial charge is 0.352 e. The van der Waals surface area contributed by atoms with Crippen molar-refractivity contribution in [3.63, 3.8) is 0 Å². The normalized spacial score (nSPS) is 21.9. The van der Waals surface area contributed by atoms with Crippen LogP contribution < -0.4 is 5.32 Å². The van der Waals surface area contributed by atoms with Gasteiger partial charge in [-0.3, -0.25) is 9.78 Å². The summed E-state index contributed by atoms with van der Waals surface area (Å²) in [5.74, 6) is 0.525. The first-order valence-corrected chi connectivity index (χ1v) is 7.31. The number of nitrogens with zero attached hydrogens (tertiary/aromatic N) is 1. The standard InChI is InChI=1S/C17H18N2O/c1-11-4-5-12(13-3-2-8-18-15(11)13)10-19-16(20)14-9-17(14)6-7-17/h2-5,8,14H,6-7,9-10H2,1H3,(H,19,20)/t14-/m1/s1. The van der Waals surface area contributed by atoms with Gasteiger partial charge in [-0.1, -0.05) is 18.2 Å². The Balaban J connectivity index is 1.54. The summed E-state index contributed by atoms with van der Waals surface area (Å²) in [7, 11) is 0. The Labute approximate surface area is 118 Å². The van der Waals surface area contributed by atoms with Gasteiger partial charge in [-0.05, 0) is 48.8 Å². The molecular weight excluding hydrogens is 248 g/mol. The highest BCUT2D eigenvalue weighted by molar-refractivity contribution is 5.86. The van der Waals surface area contributed by atoms with Crippen LogP contribution in [0, 0.1) is 18.3 Å². The zero-order valence-corrected chi connectivity index (χ0v) is 11.6. The number of rotatable bonds is 3. The Hall–Kier alpha value is -1.90. The summed E-state index contributed by atoms with van der Waals surface area (Å²) < 4.78 is 0. The fraction of sp³-hybridized carbons (Fsp3) is 0.412. The first kappa shape index (κ1) is 11.9. The third kappa shape index (κ3) is 1.80. The molecule has 1 heterocycles. The van der Waals surface area contributed by atoms with Gasteiger partial charge < -0.3 is 5.32 Å². The molecule has 0 bridgehead atoms. The van der Waals surface area contributed by atoms with E-state index in [1.807, 2.05) is 12.3 Å². The van der Waals surface area contributed by atoms with Gasteiger partial charge in [0, 0.05) is 24.0 Å². The number of fused-ring (bicyclic) bond motifs is 1. The maximum atomic E-state index is 12.1. The molecule has 0 radical (unpaired) electrons. The fourth-order valence-electron chi connectivity index (χ4n) is 3.26. The highest BCUT2D eigenvalue weighted by Gasteiger charge is 2.65. The van der Waals surface area contributed by atoms with Crippen LogP contribution in [0.25, 0.3) is 10.9 Å². The molecule has 3 nitrogen and oxygen atoms in total. The van der Waals surface area contributed by atoms with Crippen LogP contribution in [0.5, 0.6) is 0 Å². The molecule has 20 heavy (non-hydrogen) atoms. The van der Waals surface area contributed by atoms with Crippen LogP contribution in [0.4, 0.5) is 0 Å². The second kappa shape index (κ2) is 4.05. The van der Waals surface area contributed by atoms with Gasteiger partial charge in [0.05, 0.1) is 5.52 Å². The van der Waals surface area contributed by atoms with Crippen LogP contribution in [0.1, 0.15) is 30.4 Å². The van der Waals surface area contributed by atoms with Crippen molar-refractivity contribution in [2.75, 3.05) is 0 Å². The molecule has 0 saturated heterocycles. The number of nitrogens with one attached hydrogen (secondary N) is 1. The Morgan fingerprint density at radius 2 is 2.25 bits per heavy atom. The molecule has 2 saturated carbocycles. The molecule has 102 valence electrons. The van der Waals surface area contributed by atoms with Gasteiger partial charge in [-0.15, -0.1) is 0 Å². The van der Waals surface area contributed by atoms with E-state index in [9.17, 15) is 4.79 Å². The van der Waals surface area contributed by atoms with Crippen LogP contribution in [-0.4, -0.2) is 10.9 Å². The van der Waals surface area contributed by atoms with Crippen LogP contribution >= 0.6 is 0 Å². The summed E-state index contributed by atoms with van der Waals surface area (Å²) in [5, 5.41) is 4.24. The van der Waals surface area contributed by atoms with Crippen molar-refractivity contribution in [1.29, 1.82) is 0 Å². The van der Waals surface area contributed by atoms with E-state index >= 15 is 0 Å². The Morgan fingerprint density at radius 3 is 3.00 bits per heavy atom. The smallest absolute Gasteiger partial charge is 0.223 e. The first-order chi connectivity index (χ1) is 9.70. The van der Waals surface area contributed by atoms with Crippen molar-refractivity contribution in [3.8, 4) is 0 Å². The molecule has 2 aliphatic carbocycles. The number of pyridine rings is 1. The molecule has 1 N–H and O–H groups in total. The van der Waals surface area contributed by atoms with Gasteiger partial charge in [0.1, 0.15) is 0 Å². The summed E-state index contributed by atoms with van der Waals surface area (Å²) >= 11 is 0. The third-order valence-corrected chi connectivity index (χ3v) is 4.91. The third-order valence-electron chi connectivity index (χ3n) is 4.91. The van der Waals surface area contributed by atoms with Gasteiger partial charge >= 0.3 is 0 Å². The second-order valence-corrected chi connectivity index (χ2v) is 6.28. The Morgan fingerprint density at radius 1 is 1.40 bits per heavy atom. The van der Waals surface area contributed by atoms with Crippen molar-refractivity contribution >= 4 is 16.8 Å². The predicted octanol–water partition coefficient (Wildman–Crippen LogP) is 2.96. The minimum absolute atomic E-state index is 0.236. The van der Waals surface area contributed by atoms with E-state index in [2.05, 4.69) is 35.4 Å². The SMILES string of the molecule is Cc1ccc(CNC(=O)[C@H]2CC23CC3)c2cccnc12. The first-order valence-electron chi connectivity index (χ1n) is 7.31. The van der Waals surface area contributed by atoms with Gasteiger partial charge in [-0.25, -0.2) is 0 Å². The highest BCUT2D eigenvalue weighted by atomic mass is 16.2. The molecule has 0 unspecified atom stereocenters. The highest BCUT2D eigenvalue weighted by Crippen LogP contribution is 2.70. The van der Waals surface area contributed by atoms with E-state index in [1.165, 1.54) is 18.4 Å². The van der Waals surface area contributed by atoms with Crippen LogP contribution in [0.2, 0.25) is 0 Å². The number of amides is 1. The quantitative estimate of drug-likeness (QED) is 0.928. The van der Waals surface area contributed by atoms with E-state index in [0.717, 1.165) is 22.9 Å². The van der Waals surface area contributed by atoms with Crippen LogP contribution in [0.15, 0.2) is 30.5 Å². The van der Waals surface area contributed by atoms with Crippen molar-refractivity contribution < 1.29 is 4.79 Å². The molecule has 2 aliphatic rings. The topological polar surface area (TPSA) is 42.0 Å². The molecule has 2 aromatic rings. The lowest BCUT2D eigenvalue weighted by molar-refractivity contribution is -0.122. The number of carbonyl (C=O) groups is 1. The summed E-state index contributed by atoms with van der Waals surface area (Å²) in [6.07, 6.45) is 5.43. The number of aryl methyl sites for hydroxylation is 1. The molecule has 1 aromatic carbocycles. The minimum atomic E-state index is 0.236. The Kier molecular flexibility index (Phi) is 2.40. The maximum Gasteiger partial charge on any atom is 0.223 e. The van der Waals surface area contributed by atoms with Gasteiger partial charge in [0.15, 0.2) is 0 Å².